The van der Waals surface area contributed by atoms with Gasteiger partial charge in [-0.15, -0.1) is 11.3 Å². The molecule has 0 saturated heterocycles. The predicted molar refractivity (Wildman–Crippen MR) is 96.3 cm³/mol. The number of sulfonamides is 1. The summed E-state index contributed by atoms with van der Waals surface area (Å²) in [5.41, 5.74) is 1.44. The van der Waals surface area contributed by atoms with Crippen LogP contribution in [0.4, 0.5) is 5.69 Å². The van der Waals surface area contributed by atoms with Crippen molar-refractivity contribution in [1.82, 2.24) is 10.1 Å². The van der Waals surface area contributed by atoms with Crippen molar-refractivity contribution in [1.29, 1.82) is 0 Å². The molecule has 130 valence electrons. The zero-order valence-corrected chi connectivity index (χ0v) is 15.4. The van der Waals surface area contributed by atoms with E-state index in [-0.39, 0.29) is 4.90 Å². The van der Waals surface area contributed by atoms with Gasteiger partial charge in [-0.05, 0) is 44.4 Å². The van der Waals surface area contributed by atoms with Crippen LogP contribution < -0.4 is 4.72 Å². The van der Waals surface area contributed by atoms with Gasteiger partial charge in [0.05, 0.1) is 10.6 Å². The fourth-order valence-corrected chi connectivity index (χ4v) is 5.21. The van der Waals surface area contributed by atoms with Crippen molar-refractivity contribution < 1.29 is 12.9 Å². The largest absolute Gasteiger partial charge is 0.339 e. The van der Waals surface area contributed by atoms with Gasteiger partial charge in [-0.3, -0.25) is 4.72 Å². The molecule has 0 spiro atoms. The number of anilines is 1. The Morgan fingerprint density at radius 1 is 1.24 bits per heavy atom. The molecule has 3 aromatic rings. The summed E-state index contributed by atoms with van der Waals surface area (Å²) in [5.74, 6) is 1.46. The molecule has 1 aliphatic rings. The van der Waals surface area contributed by atoms with Crippen molar-refractivity contribution in [3.8, 4) is 10.7 Å². The second-order valence-electron chi connectivity index (χ2n) is 6.18. The molecular formula is C17H17N3O3S2. The highest BCUT2D eigenvalue weighted by molar-refractivity contribution is 7.93. The number of para-hydroxylation sites is 1. The van der Waals surface area contributed by atoms with Crippen LogP contribution in [0.3, 0.4) is 0 Å². The molecule has 6 nitrogen and oxygen atoms in total. The molecule has 1 aromatic carbocycles. The summed E-state index contributed by atoms with van der Waals surface area (Å²) in [7, 11) is -3.68. The molecular weight excluding hydrogens is 358 g/mol. The molecule has 4 rings (SSSR count). The first-order chi connectivity index (χ1) is 11.9. The van der Waals surface area contributed by atoms with Gasteiger partial charge in [-0.2, -0.15) is 4.98 Å². The minimum Gasteiger partial charge on any atom is -0.339 e. The molecule has 0 radical (unpaired) electrons. The number of aryl methyl sites for hydroxylation is 2. The van der Waals surface area contributed by atoms with Gasteiger partial charge in [0, 0.05) is 10.8 Å². The molecule has 0 amide bonds. The maximum atomic E-state index is 12.8. The normalized spacial score (nSPS) is 14.6. The number of hydrogen-bond donors (Lipinski definition) is 1. The average Bonchev–Trinajstić information content (AvgIpc) is 3.15. The van der Waals surface area contributed by atoms with Crippen LogP contribution in [-0.2, 0) is 10.0 Å². The molecule has 0 bridgehead atoms. The SMILES string of the molecule is Cc1ccccc1NS(=O)(=O)c1cc(-c2noc(C3CC3)n2)sc1C. The summed E-state index contributed by atoms with van der Waals surface area (Å²) >= 11 is 1.35. The maximum absolute atomic E-state index is 12.8. The lowest BCUT2D eigenvalue weighted by Gasteiger charge is -2.09. The van der Waals surface area contributed by atoms with Crippen molar-refractivity contribution in [3.63, 3.8) is 0 Å². The molecule has 2 aromatic heterocycles. The summed E-state index contributed by atoms with van der Waals surface area (Å²) in [4.78, 5) is 6.02. The quantitative estimate of drug-likeness (QED) is 0.726. The van der Waals surface area contributed by atoms with Crippen LogP contribution in [0.25, 0.3) is 10.7 Å². The minimum absolute atomic E-state index is 0.244. The Morgan fingerprint density at radius 3 is 2.72 bits per heavy atom. The van der Waals surface area contributed by atoms with Gasteiger partial charge in [-0.25, -0.2) is 8.42 Å². The smallest absolute Gasteiger partial charge is 0.263 e. The summed E-state index contributed by atoms with van der Waals surface area (Å²) in [6.45, 7) is 3.64. The number of nitrogens with one attached hydrogen (secondary N) is 1. The Morgan fingerprint density at radius 2 is 2.00 bits per heavy atom. The van der Waals surface area contributed by atoms with Crippen LogP contribution in [0.2, 0.25) is 0 Å². The summed E-state index contributed by atoms with van der Waals surface area (Å²) in [5, 5.41) is 3.99. The molecule has 1 fully saturated rings. The van der Waals surface area contributed by atoms with Gasteiger partial charge in [0.1, 0.15) is 4.90 Å². The van der Waals surface area contributed by atoms with Crippen LogP contribution in [0.1, 0.15) is 35.1 Å². The van der Waals surface area contributed by atoms with Crippen LogP contribution in [-0.4, -0.2) is 18.6 Å². The fraction of sp³-hybridized carbons (Fsp3) is 0.294. The number of benzene rings is 1. The number of aromatic nitrogens is 2. The van der Waals surface area contributed by atoms with Crippen LogP contribution in [0.5, 0.6) is 0 Å². The molecule has 1 N–H and O–H groups in total. The highest BCUT2D eigenvalue weighted by Crippen LogP contribution is 2.40. The minimum atomic E-state index is -3.68. The van der Waals surface area contributed by atoms with Crippen molar-refractivity contribution in [2.45, 2.75) is 37.5 Å². The van der Waals surface area contributed by atoms with Crippen molar-refractivity contribution >= 4 is 27.0 Å². The highest BCUT2D eigenvalue weighted by atomic mass is 32.2. The van der Waals surface area contributed by atoms with E-state index >= 15 is 0 Å². The number of thiophene rings is 1. The van der Waals surface area contributed by atoms with Gasteiger partial charge in [-0.1, -0.05) is 23.4 Å². The molecule has 25 heavy (non-hydrogen) atoms. The second kappa shape index (κ2) is 5.96. The van der Waals surface area contributed by atoms with Gasteiger partial charge < -0.3 is 4.52 Å². The van der Waals surface area contributed by atoms with Crippen molar-refractivity contribution in [3.05, 3.63) is 46.7 Å². The molecule has 0 atom stereocenters. The number of hydrogen-bond acceptors (Lipinski definition) is 6. The molecule has 2 heterocycles. The fourth-order valence-electron chi connectivity index (χ4n) is 2.56. The zero-order valence-electron chi connectivity index (χ0n) is 13.8. The van der Waals surface area contributed by atoms with E-state index in [4.69, 9.17) is 4.52 Å². The van der Waals surface area contributed by atoms with E-state index in [0.717, 1.165) is 18.4 Å². The van der Waals surface area contributed by atoms with Crippen LogP contribution >= 0.6 is 11.3 Å². The van der Waals surface area contributed by atoms with Crippen molar-refractivity contribution in [2.75, 3.05) is 4.72 Å². The van der Waals surface area contributed by atoms with E-state index in [1.54, 1.807) is 25.1 Å². The summed E-state index contributed by atoms with van der Waals surface area (Å²) in [6.07, 6.45) is 2.15. The van der Waals surface area contributed by atoms with Crippen LogP contribution in [0.15, 0.2) is 39.8 Å². The topological polar surface area (TPSA) is 85.1 Å². The second-order valence-corrected chi connectivity index (χ2v) is 9.09. The lowest BCUT2D eigenvalue weighted by Crippen LogP contribution is -2.13. The third-order valence-corrected chi connectivity index (χ3v) is 6.81. The Labute approximate surface area is 150 Å². The van der Waals surface area contributed by atoms with Crippen molar-refractivity contribution in [2.24, 2.45) is 0 Å². The lowest BCUT2D eigenvalue weighted by molar-refractivity contribution is 0.380. The zero-order chi connectivity index (χ0) is 17.6. The maximum Gasteiger partial charge on any atom is 0.263 e. The van der Waals surface area contributed by atoms with Gasteiger partial charge >= 0.3 is 0 Å². The first-order valence-electron chi connectivity index (χ1n) is 7.97. The monoisotopic (exact) mass is 375 g/mol. The number of nitrogens with zero attached hydrogens (tertiary/aromatic N) is 2. The standard InChI is InChI=1S/C17H17N3O3S2/c1-10-5-3-4-6-13(10)20-25(21,22)15-9-14(24-11(15)2)16-18-17(23-19-16)12-7-8-12/h3-6,9,12,20H,7-8H2,1-2H3. The van der Waals surface area contributed by atoms with E-state index in [9.17, 15) is 8.42 Å². The Hall–Kier alpha value is -2.19. The first-order valence-corrected chi connectivity index (χ1v) is 10.3. The number of rotatable bonds is 5. The molecule has 8 heteroatoms. The van der Waals surface area contributed by atoms with E-state index in [2.05, 4.69) is 14.9 Å². The van der Waals surface area contributed by atoms with E-state index in [1.165, 1.54) is 11.3 Å². The Balaban J connectivity index is 1.65. The molecule has 0 unspecified atom stereocenters. The van der Waals surface area contributed by atoms with Gasteiger partial charge in [0.15, 0.2) is 0 Å². The third kappa shape index (κ3) is 3.19. The van der Waals surface area contributed by atoms with Gasteiger partial charge in [0.2, 0.25) is 11.7 Å². The highest BCUT2D eigenvalue weighted by Gasteiger charge is 2.30. The van der Waals surface area contributed by atoms with Crippen LogP contribution in [0, 0.1) is 13.8 Å². The predicted octanol–water partition coefficient (Wildman–Crippen LogP) is 4.09. The summed E-state index contributed by atoms with van der Waals surface area (Å²) < 4.78 is 33.5. The molecule has 1 aliphatic carbocycles. The lowest BCUT2D eigenvalue weighted by atomic mass is 10.2. The van der Waals surface area contributed by atoms with Gasteiger partial charge in [0.25, 0.3) is 10.0 Å². The summed E-state index contributed by atoms with van der Waals surface area (Å²) in [6, 6.07) is 8.89. The van der Waals surface area contributed by atoms with E-state index in [1.807, 2.05) is 19.1 Å². The third-order valence-electron chi connectivity index (χ3n) is 4.14. The first kappa shape index (κ1) is 16.3. The molecule has 0 aliphatic heterocycles. The average molecular weight is 375 g/mol. The van der Waals surface area contributed by atoms with E-state index in [0.29, 0.717) is 33.1 Å². The van der Waals surface area contributed by atoms with E-state index < -0.39 is 10.0 Å². The molecule has 1 saturated carbocycles. The Bertz CT molecular complexity index is 1030. The Kier molecular flexibility index (Phi) is 3.88.